The zero-order valence-electron chi connectivity index (χ0n) is 9.53. The molecule has 0 saturated carbocycles. The number of nitro groups is 1. The molecule has 18 heavy (non-hydrogen) atoms. The molecule has 2 rings (SSSR count). The van der Waals surface area contributed by atoms with Gasteiger partial charge in [-0.05, 0) is 18.2 Å². The molecule has 1 heterocycles. The summed E-state index contributed by atoms with van der Waals surface area (Å²) in [6.45, 7) is 0. The Labute approximate surface area is 108 Å². The van der Waals surface area contributed by atoms with Gasteiger partial charge in [0.05, 0.1) is 4.92 Å². The van der Waals surface area contributed by atoms with Crippen LogP contribution in [0.1, 0.15) is 0 Å². The number of benzene rings is 1. The van der Waals surface area contributed by atoms with E-state index in [0.29, 0.717) is 5.95 Å². The van der Waals surface area contributed by atoms with Gasteiger partial charge in [-0.2, -0.15) is 0 Å². The summed E-state index contributed by atoms with van der Waals surface area (Å²) in [5.41, 5.74) is 0.0814. The van der Waals surface area contributed by atoms with E-state index in [2.05, 4.69) is 15.3 Å². The molecule has 0 amide bonds. The Hall–Kier alpha value is -2.15. The fraction of sp³-hybridized carbons (Fsp3) is 0.0909. The van der Waals surface area contributed by atoms with E-state index in [0.717, 1.165) is 9.92 Å². The maximum absolute atomic E-state index is 10.5. The van der Waals surface area contributed by atoms with E-state index in [1.165, 1.54) is 23.9 Å². The smallest absolute Gasteiger partial charge is 0.269 e. The van der Waals surface area contributed by atoms with Crippen LogP contribution in [0.25, 0.3) is 0 Å². The molecule has 0 radical (unpaired) electrons. The Morgan fingerprint density at radius 1 is 1.28 bits per heavy atom. The molecule has 0 unspecified atom stereocenters. The molecule has 0 aliphatic heterocycles. The molecule has 7 heteroatoms. The van der Waals surface area contributed by atoms with Crippen LogP contribution in [0, 0.1) is 10.1 Å². The summed E-state index contributed by atoms with van der Waals surface area (Å²) < 4.78 is 0. The Bertz CT molecular complexity index is 559. The average Bonchev–Trinajstić information content (AvgIpc) is 2.39. The minimum Gasteiger partial charge on any atom is -0.357 e. The summed E-state index contributed by atoms with van der Waals surface area (Å²) in [4.78, 5) is 19.3. The molecule has 1 aromatic carbocycles. The number of non-ortho nitro benzene ring substituents is 1. The highest BCUT2D eigenvalue weighted by atomic mass is 32.2. The quantitative estimate of drug-likeness (QED) is 0.518. The van der Waals surface area contributed by atoms with E-state index >= 15 is 0 Å². The Kier molecular flexibility index (Phi) is 3.73. The molecule has 6 nitrogen and oxygen atoms in total. The first kappa shape index (κ1) is 12.3. The molecule has 2 aromatic rings. The van der Waals surface area contributed by atoms with Crippen LogP contribution >= 0.6 is 11.8 Å². The minimum atomic E-state index is -0.418. The fourth-order valence-electron chi connectivity index (χ4n) is 1.28. The number of hydrogen-bond acceptors (Lipinski definition) is 6. The molecular formula is C11H10N4O2S. The first-order valence-electron chi connectivity index (χ1n) is 5.12. The number of rotatable bonds is 4. The van der Waals surface area contributed by atoms with Crippen LogP contribution in [-0.4, -0.2) is 21.9 Å². The maximum atomic E-state index is 10.5. The van der Waals surface area contributed by atoms with Gasteiger partial charge in [0.1, 0.15) is 5.03 Å². The van der Waals surface area contributed by atoms with Crippen molar-refractivity contribution >= 4 is 23.4 Å². The monoisotopic (exact) mass is 262 g/mol. The summed E-state index contributed by atoms with van der Waals surface area (Å²) in [5, 5.41) is 14.2. The van der Waals surface area contributed by atoms with Gasteiger partial charge in [-0.3, -0.25) is 10.1 Å². The number of aromatic nitrogens is 2. The van der Waals surface area contributed by atoms with E-state index in [4.69, 9.17) is 0 Å². The highest BCUT2D eigenvalue weighted by Gasteiger charge is 2.05. The van der Waals surface area contributed by atoms with Crippen molar-refractivity contribution in [3.8, 4) is 0 Å². The highest BCUT2D eigenvalue weighted by molar-refractivity contribution is 7.99. The van der Waals surface area contributed by atoms with Crippen LogP contribution in [-0.2, 0) is 0 Å². The Morgan fingerprint density at radius 3 is 2.61 bits per heavy atom. The SMILES string of the molecule is CNc1nccc(Sc2ccc([N+](=O)[O-])cc2)n1. The average molecular weight is 262 g/mol. The van der Waals surface area contributed by atoms with Crippen LogP contribution < -0.4 is 5.32 Å². The van der Waals surface area contributed by atoms with Crippen molar-refractivity contribution < 1.29 is 4.92 Å². The molecule has 1 N–H and O–H groups in total. The number of nitrogens with one attached hydrogen (secondary N) is 1. The van der Waals surface area contributed by atoms with Crippen LogP contribution in [0.4, 0.5) is 11.6 Å². The lowest BCUT2D eigenvalue weighted by Crippen LogP contribution is -1.95. The van der Waals surface area contributed by atoms with Crippen molar-refractivity contribution in [3.63, 3.8) is 0 Å². The van der Waals surface area contributed by atoms with Gasteiger partial charge in [0.2, 0.25) is 5.95 Å². The molecule has 92 valence electrons. The summed E-state index contributed by atoms with van der Waals surface area (Å²) in [6.07, 6.45) is 1.66. The van der Waals surface area contributed by atoms with E-state index in [1.807, 2.05) is 0 Å². The first-order chi connectivity index (χ1) is 8.69. The van der Waals surface area contributed by atoms with Crippen molar-refractivity contribution in [2.45, 2.75) is 9.92 Å². The highest BCUT2D eigenvalue weighted by Crippen LogP contribution is 2.27. The third-order valence-corrected chi connectivity index (χ3v) is 3.07. The van der Waals surface area contributed by atoms with Crippen molar-refractivity contribution in [3.05, 3.63) is 46.6 Å². The predicted octanol–water partition coefficient (Wildman–Crippen LogP) is 2.58. The fourth-order valence-corrected chi connectivity index (χ4v) is 2.05. The normalized spacial score (nSPS) is 10.1. The third kappa shape index (κ3) is 2.95. The van der Waals surface area contributed by atoms with E-state index in [1.54, 1.807) is 31.4 Å². The Morgan fingerprint density at radius 2 is 2.00 bits per heavy atom. The second-order valence-electron chi connectivity index (χ2n) is 3.32. The lowest BCUT2D eigenvalue weighted by Gasteiger charge is -2.02. The van der Waals surface area contributed by atoms with E-state index in [-0.39, 0.29) is 5.69 Å². The number of nitrogens with zero attached hydrogens (tertiary/aromatic N) is 3. The third-order valence-electron chi connectivity index (χ3n) is 2.12. The standard InChI is InChI=1S/C11H10N4O2S/c1-12-11-13-7-6-10(14-11)18-9-4-2-8(3-5-9)15(16)17/h2-7H,1H3,(H,12,13,14). The summed E-state index contributed by atoms with van der Waals surface area (Å²) >= 11 is 1.42. The van der Waals surface area contributed by atoms with Crippen molar-refractivity contribution in [2.75, 3.05) is 12.4 Å². The van der Waals surface area contributed by atoms with Crippen LogP contribution in [0.15, 0.2) is 46.5 Å². The molecule has 0 aliphatic carbocycles. The van der Waals surface area contributed by atoms with E-state index in [9.17, 15) is 10.1 Å². The van der Waals surface area contributed by atoms with Crippen LogP contribution in [0.5, 0.6) is 0 Å². The zero-order chi connectivity index (χ0) is 13.0. The predicted molar refractivity (Wildman–Crippen MR) is 68.8 cm³/mol. The van der Waals surface area contributed by atoms with Crippen molar-refractivity contribution in [1.82, 2.24) is 9.97 Å². The van der Waals surface area contributed by atoms with Crippen LogP contribution in [0.3, 0.4) is 0 Å². The first-order valence-corrected chi connectivity index (χ1v) is 5.94. The van der Waals surface area contributed by atoms with Crippen LogP contribution in [0.2, 0.25) is 0 Å². The second-order valence-corrected chi connectivity index (χ2v) is 4.42. The van der Waals surface area contributed by atoms with Gasteiger partial charge < -0.3 is 5.32 Å². The maximum Gasteiger partial charge on any atom is 0.269 e. The largest absolute Gasteiger partial charge is 0.357 e. The molecule has 0 fully saturated rings. The minimum absolute atomic E-state index is 0.0814. The molecular weight excluding hydrogens is 252 g/mol. The zero-order valence-corrected chi connectivity index (χ0v) is 10.3. The molecule has 0 bridgehead atoms. The second kappa shape index (κ2) is 5.46. The van der Waals surface area contributed by atoms with Gasteiger partial charge in [-0.25, -0.2) is 9.97 Å². The molecule has 0 atom stereocenters. The summed E-state index contributed by atoms with van der Waals surface area (Å²) in [5.74, 6) is 0.543. The topological polar surface area (TPSA) is 81.0 Å². The molecule has 0 saturated heterocycles. The van der Waals surface area contributed by atoms with Crippen molar-refractivity contribution in [2.24, 2.45) is 0 Å². The molecule has 0 spiro atoms. The van der Waals surface area contributed by atoms with Gasteiger partial charge in [0, 0.05) is 30.3 Å². The van der Waals surface area contributed by atoms with Crippen molar-refractivity contribution in [1.29, 1.82) is 0 Å². The molecule has 0 aliphatic rings. The number of hydrogen-bond donors (Lipinski definition) is 1. The van der Waals surface area contributed by atoms with Gasteiger partial charge in [0.15, 0.2) is 0 Å². The number of nitro benzene ring substituents is 1. The molecule has 1 aromatic heterocycles. The number of anilines is 1. The van der Waals surface area contributed by atoms with Gasteiger partial charge in [0.25, 0.3) is 5.69 Å². The lowest BCUT2D eigenvalue weighted by molar-refractivity contribution is -0.384. The van der Waals surface area contributed by atoms with E-state index < -0.39 is 4.92 Å². The van der Waals surface area contributed by atoms with Gasteiger partial charge >= 0.3 is 0 Å². The summed E-state index contributed by atoms with van der Waals surface area (Å²) in [6, 6.07) is 8.13. The lowest BCUT2D eigenvalue weighted by atomic mass is 10.3. The van der Waals surface area contributed by atoms with Gasteiger partial charge in [-0.1, -0.05) is 11.8 Å². The summed E-state index contributed by atoms with van der Waals surface area (Å²) in [7, 11) is 1.75. The van der Waals surface area contributed by atoms with Gasteiger partial charge in [-0.15, -0.1) is 0 Å². The Balaban J connectivity index is 2.15.